The summed E-state index contributed by atoms with van der Waals surface area (Å²) < 4.78 is 5.67. The Kier molecular flexibility index (Phi) is 1.83. The lowest BCUT2D eigenvalue weighted by atomic mass is 9.86. The molecule has 1 saturated heterocycles. The van der Waals surface area contributed by atoms with Crippen molar-refractivity contribution < 1.29 is 9.57 Å². The lowest BCUT2D eigenvalue weighted by Gasteiger charge is -2.35. The van der Waals surface area contributed by atoms with E-state index in [1.54, 1.807) is 0 Å². The van der Waals surface area contributed by atoms with Gasteiger partial charge in [-0.25, -0.2) is 0 Å². The van der Waals surface area contributed by atoms with Gasteiger partial charge in [0.05, 0.1) is 18.2 Å². The molecule has 3 nitrogen and oxygen atoms in total. The Labute approximate surface area is 72.7 Å². The van der Waals surface area contributed by atoms with Gasteiger partial charge < -0.3 is 9.57 Å². The summed E-state index contributed by atoms with van der Waals surface area (Å²) in [6.07, 6.45) is 3.17. The van der Waals surface area contributed by atoms with Gasteiger partial charge in [0.1, 0.15) is 0 Å². The van der Waals surface area contributed by atoms with Crippen molar-refractivity contribution >= 4 is 5.71 Å². The highest BCUT2D eigenvalue weighted by Crippen LogP contribution is 2.40. The van der Waals surface area contributed by atoms with Gasteiger partial charge in [0.15, 0.2) is 0 Å². The highest BCUT2D eigenvalue weighted by Gasteiger charge is 2.48. The minimum Gasteiger partial charge on any atom is -0.360 e. The van der Waals surface area contributed by atoms with Crippen LogP contribution in [-0.2, 0) is 9.57 Å². The zero-order chi connectivity index (χ0) is 8.60. The van der Waals surface area contributed by atoms with Gasteiger partial charge in [-0.05, 0) is 19.8 Å². The van der Waals surface area contributed by atoms with Gasteiger partial charge in [-0.1, -0.05) is 12.1 Å². The van der Waals surface area contributed by atoms with Crippen LogP contribution in [0.25, 0.3) is 0 Å². The summed E-state index contributed by atoms with van der Waals surface area (Å²) in [5, 5.41) is 4.02. The molecule has 2 aliphatic rings. The summed E-state index contributed by atoms with van der Waals surface area (Å²) in [6.45, 7) is 4.93. The van der Waals surface area contributed by atoms with Gasteiger partial charge in [0, 0.05) is 6.42 Å². The normalized spacial score (nSPS) is 40.2. The molecule has 2 atom stereocenters. The van der Waals surface area contributed by atoms with Crippen LogP contribution in [0.15, 0.2) is 5.16 Å². The Morgan fingerprint density at radius 3 is 3.17 bits per heavy atom. The molecule has 2 aliphatic heterocycles. The Balaban J connectivity index is 2.21. The van der Waals surface area contributed by atoms with Crippen molar-refractivity contribution in [3.8, 4) is 0 Å². The van der Waals surface area contributed by atoms with Gasteiger partial charge in [0.2, 0.25) is 5.79 Å². The van der Waals surface area contributed by atoms with Crippen LogP contribution in [0.3, 0.4) is 0 Å². The van der Waals surface area contributed by atoms with E-state index in [0.29, 0.717) is 5.92 Å². The van der Waals surface area contributed by atoms with Crippen molar-refractivity contribution in [2.45, 2.75) is 38.9 Å². The largest absolute Gasteiger partial charge is 0.360 e. The molecule has 0 N–H and O–H groups in total. The molecule has 0 radical (unpaired) electrons. The van der Waals surface area contributed by atoms with E-state index in [-0.39, 0.29) is 0 Å². The summed E-state index contributed by atoms with van der Waals surface area (Å²) in [7, 11) is 0. The summed E-state index contributed by atoms with van der Waals surface area (Å²) in [5.74, 6) is -0.00116. The topological polar surface area (TPSA) is 30.8 Å². The standard InChI is InChI=1S/C9H15NO2/c1-3-9-8(5-4-6-11-9)7(2)10-12-9/h8H,3-6H2,1-2H3. The van der Waals surface area contributed by atoms with E-state index < -0.39 is 5.79 Å². The van der Waals surface area contributed by atoms with Crippen molar-refractivity contribution in [2.75, 3.05) is 6.61 Å². The molecule has 3 heteroatoms. The Morgan fingerprint density at radius 1 is 1.67 bits per heavy atom. The second-order valence-electron chi connectivity index (χ2n) is 3.53. The minimum atomic E-state index is -0.400. The molecular weight excluding hydrogens is 154 g/mol. The molecule has 0 spiro atoms. The van der Waals surface area contributed by atoms with E-state index >= 15 is 0 Å². The summed E-state index contributed by atoms with van der Waals surface area (Å²) in [4.78, 5) is 5.37. The maximum atomic E-state index is 5.67. The lowest BCUT2D eigenvalue weighted by Crippen LogP contribution is -2.44. The molecule has 0 aliphatic carbocycles. The quantitative estimate of drug-likeness (QED) is 0.600. The van der Waals surface area contributed by atoms with Crippen LogP contribution in [-0.4, -0.2) is 18.1 Å². The van der Waals surface area contributed by atoms with E-state index in [1.165, 1.54) is 0 Å². The van der Waals surface area contributed by atoms with Gasteiger partial charge in [-0.15, -0.1) is 0 Å². The van der Waals surface area contributed by atoms with Crippen molar-refractivity contribution in [3.05, 3.63) is 0 Å². The number of hydrogen-bond donors (Lipinski definition) is 0. The molecule has 0 bridgehead atoms. The van der Waals surface area contributed by atoms with Crippen molar-refractivity contribution in [3.63, 3.8) is 0 Å². The van der Waals surface area contributed by atoms with Gasteiger partial charge in [0.25, 0.3) is 0 Å². The smallest absolute Gasteiger partial charge is 0.244 e. The number of fused-ring (bicyclic) bond motifs is 1. The third-order valence-corrected chi connectivity index (χ3v) is 2.86. The fourth-order valence-electron chi connectivity index (χ4n) is 2.10. The number of ether oxygens (including phenoxy) is 1. The summed E-state index contributed by atoms with van der Waals surface area (Å²) in [6, 6.07) is 0. The van der Waals surface area contributed by atoms with E-state index in [1.807, 2.05) is 6.92 Å². The van der Waals surface area contributed by atoms with Crippen molar-refractivity contribution in [1.82, 2.24) is 0 Å². The molecule has 12 heavy (non-hydrogen) atoms. The Bertz CT molecular complexity index is 215. The van der Waals surface area contributed by atoms with E-state index in [0.717, 1.165) is 31.6 Å². The van der Waals surface area contributed by atoms with E-state index in [4.69, 9.17) is 9.57 Å². The van der Waals surface area contributed by atoms with Crippen molar-refractivity contribution in [1.29, 1.82) is 0 Å². The van der Waals surface area contributed by atoms with Crippen LogP contribution in [0.4, 0.5) is 0 Å². The molecule has 2 unspecified atom stereocenters. The first-order valence-corrected chi connectivity index (χ1v) is 4.65. The average molecular weight is 169 g/mol. The highest BCUT2D eigenvalue weighted by atomic mass is 16.8. The maximum absolute atomic E-state index is 5.67. The second kappa shape index (κ2) is 2.73. The zero-order valence-corrected chi connectivity index (χ0v) is 7.67. The first-order valence-electron chi connectivity index (χ1n) is 4.65. The van der Waals surface area contributed by atoms with E-state index in [9.17, 15) is 0 Å². The number of oxime groups is 1. The van der Waals surface area contributed by atoms with Crippen LogP contribution in [0.5, 0.6) is 0 Å². The average Bonchev–Trinajstić information content (AvgIpc) is 2.46. The van der Waals surface area contributed by atoms with Crippen LogP contribution in [0.1, 0.15) is 33.1 Å². The molecular formula is C9H15NO2. The monoisotopic (exact) mass is 169 g/mol. The number of hydrogen-bond acceptors (Lipinski definition) is 3. The SMILES string of the molecule is CCC12OCCCC1C(C)=NO2. The highest BCUT2D eigenvalue weighted by molar-refractivity contribution is 5.86. The van der Waals surface area contributed by atoms with Crippen LogP contribution < -0.4 is 0 Å². The Morgan fingerprint density at radius 2 is 2.50 bits per heavy atom. The second-order valence-corrected chi connectivity index (χ2v) is 3.53. The molecule has 2 heterocycles. The van der Waals surface area contributed by atoms with Gasteiger partial charge >= 0.3 is 0 Å². The summed E-state index contributed by atoms with van der Waals surface area (Å²) in [5.41, 5.74) is 1.09. The molecule has 1 fully saturated rings. The lowest BCUT2D eigenvalue weighted by molar-refractivity contribution is -0.259. The van der Waals surface area contributed by atoms with Crippen molar-refractivity contribution in [2.24, 2.45) is 11.1 Å². The number of rotatable bonds is 1. The van der Waals surface area contributed by atoms with Crippen LogP contribution in [0.2, 0.25) is 0 Å². The van der Waals surface area contributed by atoms with Gasteiger partial charge in [-0.2, -0.15) is 0 Å². The predicted octanol–water partition coefficient (Wildman–Crippen LogP) is 1.93. The third kappa shape index (κ3) is 0.959. The molecule has 0 saturated carbocycles. The first-order chi connectivity index (χ1) is 5.78. The molecule has 0 aromatic carbocycles. The van der Waals surface area contributed by atoms with E-state index in [2.05, 4.69) is 12.1 Å². The molecule has 0 amide bonds. The fourth-order valence-corrected chi connectivity index (χ4v) is 2.10. The third-order valence-electron chi connectivity index (χ3n) is 2.86. The molecule has 68 valence electrons. The summed E-state index contributed by atoms with van der Waals surface area (Å²) >= 11 is 0. The molecule has 0 aromatic heterocycles. The van der Waals surface area contributed by atoms with Crippen LogP contribution >= 0.6 is 0 Å². The molecule has 2 rings (SSSR count). The number of nitrogens with zero attached hydrogens (tertiary/aromatic N) is 1. The first kappa shape index (κ1) is 8.05. The Hall–Kier alpha value is -0.570. The predicted molar refractivity (Wildman–Crippen MR) is 45.9 cm³/mol. The van der Waals surface area contributed by atoms with Crippen LogP contribution in [0, 0.1) is 5.92 Å². The molecule has 0 aromatic rings. The minimum absolute atomic E-state index is 0.399. The zero-order valence-electron chi connectivity index (χ0n) is 7.67. The van der Waals surface area contributed by atoms with Gasteiger partial charge in [-0.3, -0.25) is 0 Å². The fraction of sp³-hybridized carbons (Fsp3) is 0.889. The maximum Gasteiger partial charge on any atom is 0.244 e.